The van der Waals surface area contributed by atoms with E-state index in [0.29, 0.717) is 29.8 Å². The van der Waals surface area contributed by atoms with E-state index < -0.39 is 0 Å². The number of nitriles is 1. The Labute approximate surface area is 215 Å². The first-order valence-corrected chi connectivity index (χ1v) is 12.1. The molecule has 1 aromatic heterocycles. The van der Waals surface area contributed by atoms with Crippen LogP contribution in [0.2, 0.25) is 0 Å². The minimum atomic E-state index is -0.158. The number of anilines is 3. The Morgan fingerprint density at radius 2 is 1.81 bits per heavy atom. The van der Waals surface area contributed by atoms with Crippen molar-refractivity contribution >= 4 is 34.7 Å². The molecule has 184 valence electrons. The number of rotatable bonds is 6. The highest BCUT2D eigenvalue weighted by Crippen LogP contribution is 2.29. The van der Waals surface area contributed by atoms with Crippen LogP contribution in [0.25, 0.3) is 11.3 Å². The Morgan fingerprint density at radius 3 is 2.56 bits per heavy atom. The number of benzene rings is 2. The summed E-state index contributed by atoms with van der Waals surface area (Å²) in [5.74, 6) is 0.535. The van der Waals surface area contributed by atoms with Gasteiger partial charge in [0.1, 0.15) is 12.2 Å². The quantitative estimate of drug-likeness (QED) is 0.436. The topological polar surface area (TPSA) is 107 Å². The third-order valence-corrected chi connectivity index (χ3v) is 6.49. The molecule has 36 heavy (non-hydrogen) atoms. The van der Waals surface area contributed by atoms with E-state index >= 15 is 0 Å². The number of hydrogen-bond acceptors (Lipinski definition) is 8. The maximum absolute atomic E-state index is 9.08. The maximum Gasteiger partial charge on any atom is 0.223 e. The van der Waals surface area contributed by atoms with E-state index in [9.17, 15) is 0 Å². The zero-order valence-electron chi connectivity index (χ0n) is 20.0. The second-order valence-corrected chi connectivity index (χ2v) is 9.36. The predicted octanol–water partition coefficient (Wildman–Crippen LogP) is 3.01. The molecule has 2 fully saturated rings. The fraction of sp³-hybridized carbons (Fsp3) is 0.308. The standard InChI is InChI=1S/C26H27N7O2S/c1-33(2)19-8-6-17(7-9-19)20-10-11-28-25(30-20)31-21-14-34-24-22(15-35-23(21)24)32-26(36)29-18-5-3-4-16(12-18)13-27/h3-12,21-24H,14-15H2,1-2H3,(H,28,30,31)(H2,29,32,36)/t21-,22-,23+,24+/m0/s1. The van der Waals surface area contributed by atoms with E-state index in [1.807, 2.05) is 32.3 Å². The first kappa shape index (κ1) is 23.9. The van der Waals surface area contributed by atoms with E-state index in [-0.39, 0.29) is 24.3 Å². The molecule has 9 nitrogen and oxygen atoms in total. The van der Waals surface area contributed by atoms with Crippen molar-refractivity contribution in [2.24, 2.45) is 0 Å². The average Bonchev–Trinajstić information content (AvgIpc) is 3.47. The van der Waals surface area contributed by atoms with Gasteiger partial charge in [-0.15, -0.1) is 0 Å². The summed E-state index contributed by atoms with van der Waals surface area (Å²) in [5, 5.41) is 19.3. The minimum absolute atomic E-state index is 0.0815. The van der Waals surface area contributed by atoms with Gasteiger partial charge in [-0.05, 0) is 48.6 Å². The Balaban J connectivity index is 1.19. The SMILES string of the molecule is CN(C)c1ccc(-c2ccnc(N[C@H]3CO[C@H]4[C@@H]3OC[C@@H]4NC(=S)Nc3cccc(C#N)c3)n2)cc1. The monoisotopic (exact) mass is 501 g/mol. The molecule has 4 atom stereocenters. The van der Waals surface area contributed by atoms with E-state index in [1.54, 1.807) is 18.3 Å². The molecular formula is C26H27N7O2S. The smallest absolute Gasteiger partial charge is 0.223 e. The molecule has 0 bridgehead atoms. The van der Waals surface area contributed by atoms with Gasteiger partial charge in [-0.25, -0.2) is 9.97 Å². The van der Waals surface area contributed by atoms with Crippen molar-refractivity contribution in [3.05, 3.63) is 66.4 Å². The van der Waals surface area contributed by atoms with Crippen molar-refractivity contribution in [2.45, 2.75) is 24.3 Å². The minimum Gasteiger partial charge on any atom is -0.378 e. The van der Waals surface area contributed by atoms with Crippen molar-refractivity contribution in [2.75, 3.05) is 42.8 Å². The van der Waals surface area contributed by atoms with Gasteiger partial charge in [0.05, 0.1) is 42.6 Å². The lowest BCUT2D eigenvalue weighted by atomic mass is 10.1. The van der Waals surface area contributed by atoms with Gasteiger partial charge in [-0.3, -0.25) is 0 Å². The molecule has 0 saturated carbocycles. The second kappa shape index (κ2) is 10.5. The number of thiocarbonyl (C=S) groups is 1. The molecule has 10 heteroatoms. The Morgan fingerprint density at radius 1 is 1.06 bits per heavy atom. The van der Waals surface area contributed by atoms with Crippen LogP contribution in [0.15, 0.2) is 60.8 Å². The summed E-state index contributed by atoms with van der Waals surface area (Å²) >= 11 is 5.47. The van der Waals surface area contributed by atoms with Crippen LogP contribution >= 0.6 is 12.2 Å². The number of ether oxygens (including phenoxy) is 2. The molecule has 3 N–H and O–H groups in total. The lowest BCUT2D eigenvalue weighted by molar-refractivity contribution is 0.0689. The summed E-state index contributed by atoms with van der Waals surface area (Å²) < 4.78 is 12.1. The Kier molecular flexibility index (Phi) is 6.95. The van der Waals surface area contributed by atoms with Gasteiger partial charge in [0.25, 0.3) is 0 Å². The molecule has 3 aromatic rings. The summed E-state index contributed by atoms with van der Waals surface area (Å²) in [7, 11) is 4.03. The van der Waals surface area contributed by atoms with Crippen LogP contribution in [0, 0.1) is 11.3 Å². The summed E-state index contributed by atoms with van der Waals surface area (Å²) in [4.78, 5) is 11.2. The molecule has 0 unspecified atom stereocenters. The van der Waals surface area contributed by atoms with Crippen molar-refractivity contribution in [3.8, 4) is 17.3 Å². The van der Waals surface area contributed by atoms with Crippen LogP contribution in [0.5, 0.6) is 0 Å². The third-order valence-electron chi connectivity index (χ3n) is 6.27. The van der Waals surface area contributed by atoms with Gasteiger partial charge in [0.2, 0.25) is 5.95 Å². The van der Waals surface area contributed by atoms with E-state index in [0.717, 1.165) is 22.6 Å². The molecule has 2 aliphatic heterocycles. The van der Waals surface area contributed by atoms with Crippen LogP contribution in [-0.4, -0.2) is 66.7 Å². The number of hydrogen-bond donors (Lipinski definition) is 3. The van der Waals surface area contributed by atoms with Crippen LogP contribution in [0.4, 0.5) is 17.3 Å². The molecular weight excluding hydrogens is 474 g/mol. The van der Waals surface area contributed by atoms with Crippen LogP contribution in [0.3, 0.4) is 0 Å². The molecule has 2 aromatic carbocycles. The van der Waals surface area contributed by atoms with Crippen molar-refractivity contribution in [1.29, 1.82) is 5.26 Å². The highest BCUT2D eigenvalue weighted by molar-refractivity contribution is 7.80. The predicted molar refractivity (Wildman–Crippen MR) is 143 cm³/mol. The summed E-state index contributed by atoms with van der Waals surface area (Å²) in [5.41, 5.74) is 4.32. The molecule has 0 spiro atoms. The molecule has 2 aliphatic rings. The number of aromatic nitrogens is 2. The average molecular weight is 502 g/mol. The third kappa shape index (κ3) is 5.23. The van der Waals surface area contributed by atoms with Crippen molar-refractivity contribution in [1.82, 2.24) is 15.3 Å². The summed E-state index contributed by atoms with van der Waals surface area (Å²) in [6, 6.07) is 19.3. The van der Waals surface area contributed by atoms with Gasteiger partial charge in [-0.2, -0.15) is 5.26 Å². The first-order chi connectivity index (χ1) is 17.5. The molecule has 0 radical (unpaired) electrons. The van der Waals surface area contributed by atoms with E-state index in [1.165, 1.54) is 0 Å². The molecule has 3 heterocycles. The number of nitrogens with one attached hydrogen (secondary N) is 3. The van der Waals surface area contributed by atoms with Crippen LogP contribution in [0.1, 0.15) is 5.56 Å². The largest absolute Gasteiger partial charge is 0.378 e. The zero-order valence-corrected chi connectivity index (χ0v) is 20.8. The number of nitrogens with zero attached hydrogens (tertiary/aromatic N) is 4. The molecule has 0 amide bonds. The van der Waals surface area contributed by atoms with Crippen LogP contribution < -0.4 is 20.9 Å². The lowest BCUT2D eigenvalue weighted by Gasteiger charge is -2.20. The van der Waals surface area contributed by atoms with Crippen LogP contribution in [-0.2, 0) is 9.47 Å². The summed E-state index contributed by atoms with van der Waals surface area (Å²) in [6.07, 6.45) is 1.44. The Bertz CT molecular complexity index is 1280. The van der Waals surface area contributed by atoms with Crippen molar-refractivity contribution in [3.63, 3.8) is 0 Å². The molecule has 2 saturated heterocycles. The highest BCUT2D eigenvalue weighted by atomic mass is 32.1. The van der Waals surface area contributed by atoms with Gasteiger partial charge in [0.15, 0.2) is 5.11 Å². The fourth-order valence-corrected chi connectivity index (χ4v) is 4.70. The highest BCUT2D eigenvalue weighted by Gasteiger charge is 2.48. The molecule has 0 aliphatic carbocycles. The normalized spacial score (nSPS) is 22.4. The Hall–Kier alpha value is -3.78. The number of fused-ring (bicyclic) bond motifs is 1. The summed E-state index contributed by atoms with van der Waals surface area (Å²) in [6.45, 7) is 0.940. The molecule has 5 rings (SSSR count). The lowest BCUT2D eigenvalue weighted by Crippen LogP contribution is -2.46. The van der Waals surface area contributed by atoms with Gasteiger partial charge in [-0.1, -0.05) is 18.2 Å². The van der Waals surface area contributed by atoms with Gasteiger partial charge < -0.3 is 30.3 Å². The van der Waals surface area contributed by atoms with Crippen molar-refractivity contribution < 1.29 is 9.47 Å². The van der Waals surface area contributed by atoms with Gasteiger partial charge >= 0.3 is 0 Å². The fourth-order valence-electron chi connectivity index (χ4n) is 4.43. The zero-order chi connectivity index (χ0) is 25.1. The first-order valence-electron chi connectivity index (χ1n) is 11.7. The van der Waals surface area contributed by atoms with Gasteiger partial charge in [0, 0.05) is 37.2 Å². The maximum atomic E-state index is 9.08. The van der Waals surface area contributed by atoms with E-state index in [4.69, 9.17) is 31.9 Å². The second-order valence-electron chi connectivity index (χ2n) is 8.95. The van der Waals surface area contributed by atoms with E-state index in [2.05, 4.69) is 56.2 Å².